The Bertz CT molecular complexity index is 1710. The number of rotatable bonds is 7. The number of benzene rings is 4. The average Bonchev–Trinajstić information content (AvgIpc) is 2.94. The summed E-state index contributed by atoms with van der Waals surface area (Å²) in [5.41, 5.74) is 24.7. The number of carbonyl (C=O) groups is 1. The molecule has 0 heterocycles. The van der Waals surface area contributed by atoms with E-state index in [1.165, 1.54) is 66.8 Å². The van der Waals surface area contributed by atoms with E-state index in [2.05, 4.69) is 122 Å². The third-order valence-corrected chi connectivity index (χ3v) is 9.52. The van der Waals surface area contributed by atoms with Gasteiger partial charge in [-0.3, -0.25) is 5.32 Å². The summed E-state index contributed by atoms with van der Waals surface area (Å²) >= 11 is 3.60. The second-order valence-electron chi connectivity index (χ2n) is 13.6. The van der Waals surface area contributed by atoms with Crippen LogP contribution in [0.3, 0.4) is 0 Å². The molecule has 0 bridgehead atoms. The monoisotopic (exact) mass is 670 g/mol. The molecule has 0 radical (unpaired) electrons. The van der Waals surface area contributed by atoms with E-state index < -0.39 is 11.7 Å². The minimum atomic E-state index is -0.537. The van der Waals surface area contributed by atoms with E-state index >= 15 is 0 Å². The molecule has 0 saturated carbocycles. The molecule has 47 heavy (non-hydrogen) atoms. The first kappa shape index (κ1) is 38.1. The lowest BCUT2D eigenvalue weighted by Crippen LogP contribution is -2.27. The van der Waals surface area contributed by atoms with Crippen LogP contribution in [0.2, 0.25) is 0 Å². The number of thioether (sulfide) groups is 2. The zero-order valence-electron chi connectivity index (χ0n) is 30.7. The number of amides is 1. The van der Waals surface area contributed by atoms with Gasteiger partial charge in [0.05, 0.1) is 5.69 Å². The molecule has 0 aromatic heterocycles. The van der Waals surface area contributed by atoms with Crippen molar-refractivity contribution < 1.29 is 9.53 Å². The maximum Gasteiger partial charge on any atom is 0.412 e. The summed E-state index contributed by atoms with van der Waals surface area (Å²) in [6.07, 6.45) is 3.79. The van der Waals surface area contributed by atoms with Crippen molar-refractivity contribution in [2.75, 3.05) is 23.6 Å². The summed E-state index contributed by atoms with van der Waals surface area (Å²) in [5, 5.41) is 3.03. The molecule has 252 valence electrons. The highest BCUT2D eigenvalue weighted by Gasteiger charge is 2.21. The fraction of sp³-hybridized carbons (Fsp3) is 0.390. The topological polar surface area (TPSA) is 64.3 Å². The van der Waals surface area contributed by atoms with E-state index in [9.17, 15) is 4.79 Å². The minimum absolute atomic E-state index is 0.421. The zero-order chi connectivity index (χ0) is 35.2. The third kappa shape index (κ3) is 9.61. The molecule has 0 spiro atoms. The fourth-order valence-corrected chi connectivity index (χ4v) is 7.60. The van der Waals surface area contributed by atoms with Gasteiger partial charge in [-0.25, -0.2) is 4.79 Å². The molecule has 4 aromatic carbocycles. The van der Waals surface area contributed by atoms with E-state index in [0.717, 1.165) is 34.0 Å². The molecule has 0 atom stereocenters. The van der Waals surface area contributed by atoms with Crippen molar-refractivity contribution >= 4 is 41.0 Å². The number of carbonyl (C=O) groups excluding carboxylic acids is 1. The molecule has 0 aliphatic rings. The number of ether oxygens (including phenoxy) is 1. The fourth-order valence-electron chi connectivity index (χ4n) is 6.36. The minimum Gasteiger partial charge on any atom is -0.444 e. The number of anilines is 2. The molecule has 0 fully saturated rings. The zero-order valence-corrected chi connectivity index (χ0v) is 32.4. The highest BCUT2D eigenvalue weighted by molar-refractivity contribution is 7.98. The van der Waals surface area contributed by atoms with Crippen LogP contribution in [0, 0.1) is 55.4 Å². The van der Waals surface area contributed by atoms with Gasteiger partial charge < -0.3 is 10.5 Å². The molecular weight excluding hydrogens is 617 g/mol. The summed E-state index contributed by atoms with van der Waals surface area (Å²) < 4.78 is 5.51. The molecule has 6 heteroatoms. The lowest BCUT2D eigenvalue weighted by atomic mass is 9.90. The Balaban J connectivity index is 0.000000267. The van der Waals surface area contributed by atoms with E-state index in [1.807, 2.05) is 32.5 Å². The maximum atomic E-state index is 12.5. The van der Waals surface area contributed by atoms with Crippen LogP contribution in [-0.4, -0.2) is 24.2 Å². The molecule has 4 nitrogen and oxygen atoms in total. The number of nitrogens with two attached hydrogens (primary N) is 1. The Labute approximate surface area is 292 Å². The summed E-state index contributed by atoms with van der Waals surface area (Å²) in [6, 6.07) is 17.5. The van der Waals surface area contributed by atoms with Crippen molar-refractivity contribution in [1.29, 1.82) is 0 Å². The quantitative estimate of drug-likeness (QED) is 0.192. The molecule has 4 rings (SSSR count). The van der Waals surface area contributed by atoms with Crippen molar-refractivity contribution in [2.45, 2.75) is 93.3 Å². The Morgan fingerprint density at radius 2 is 1.09 bits per heavy atom. The number of nitrogen functional groups attached to an aromatic ring is 1. The molecule has 0 aliphatic carbocycles. The second-order valence-corrected chi connectivity index (χ2v) is 15.4. The van der Waals surface area contributed by atoms with E-state index in [0.29, 0.717) is 0 Å². The molecule has 1 amide bonds. The van der Waals surface area contributed by atoms with Gasteiger partial charge in [0.25, 0.3) is 0 Å². The SMILES string of the molecule is CSCc1ccc(-c2c(C)cc(C)cc2C)c(N)c1C.CSCc1ccc(-c2c(C)cc(C)cc2C)c(NC(=O)OC(C)(C)C)c1C. The Kier molecular flexibility index (Phi) is 13.1. The first-order valence-electron chi connectivity index (χ1n) is 16.1. The first-order valence-corrected chi connectivity index (χ1v) is 18.9. The Morgan fingerprint density at radius 1 is 0.681 bits per heavy atom. The van der Waals surface area contributed by atoms with Gasteiger partial charge >= 0.3 is 6.09 Å². The predicted octanol–water partition coefficient (Wildman–Crippen LogP) is 11.8. The van der Waals surface area contributed by atoms with E-state index in [1.54, 1.807) is 11.8 Å². The summed E-state index contributed by atoms with van der Waals surface area (Å²) in [6.45, 7) is 22.6. The van der Waals surface area contributed by atoms with Crippen LogP contribution in [0.1, 0.15) is 76.4 Å². The number of aryl methyl sites for hydroxylation is 6. The van der Waals surface area contributed by atoms with Gasteiger partial charge in [0.1, 0.15) is 5.60 Å². The van der Waals surface area contributed by atoms with Gasteiger partial charge in [-0.2, -0.15) is 23.5 Å². The van der Waals surface area contributed by atoms with Crippen LogP contribution in [0.5, 0.6) is 0 Å². The smallest absolute Gasteiger partial charge is 0.412 e. The first-order chi connectivity index (χ1) is 22.0. The van der Waals surface area contributed by atoms with Gasteiger partial charge in [0, 0.05) is 28.3 Å². The number of hydrogen-bond donors (Lipinski definition) is 2. The highest BCUT2D eigenvalue weighted by atomic mass is 32.2. The van der Waals surface area contributed by atoms with Crippen LogP contribution < -0.4 is 11.1 Å². The van der Waals surface area contributed by atoms with Gasteiger partial charge in [0.2, 0.25) is 0 Å². The van der Waals surface area contributed by atoms with Crippen molar-refractivity contribution in [1.82, 2.24) is 0 Å². The van der Waals surface area contributed by atoms with E-state index in [-0.39, 0.29) is 0 Å². The van der Waals surface area contributed by atoms with Crippen LogP contribution in [0.4, 0.5) is 16.2 Å². The molecule has 3 N–H and O–H groups in total. The van der Waals surface area contributed by atoms with Crippen LogP contribution in [0.25, 0.3) is 22.3 Å². The molecule has 4 aromatic rings. The molecular formula is C41H54N2O2S2. The summed E-state index contributed by atoms with van der Waals surface area (Å²) in [5.74, 6) is 1.92. The number of hydrogen-bond acceptors (Lipinski definition) is 5. The molecule has 0 unspecified atom stereocenters. The average molecular weight is 671 g/mol. The van der Waals surface area contributed by atoms with Crippen LogP contribution >= 0.6 is 23.5 Å². The van der Waals surface area contributed by atoms with Crippen molar-refractivity contribution in [2.24, 2.45) is 0 Å². The largest absolute Gasteiger partial charge is 0.444 e. The second kappa shape index (κ2) is 16.2. The maximum absolute atomic E-state index is 12.5. The van der Waals surface area contributed by atoms with Gasteiger partial charge in [0.15, 0.2) is 0 Å². The Morgan fingerprint density at radius 3 is 1.51 bits per heavy atom. The Hall–Kier alpha value is -3.35. The third-order valence-electron chi connectivity index (χ3n) is 8.32. The lowest BCUT2D eigenvalue weighted by Gasteiger charge is -2.23. The van der Waals surface area contributed by atoms with Crippen molar-refractivity contribution in [3.8, 4) is 22.3 Å². The van der Waals surface area contributed by atoms with Gasteiger partial charge in [-0.1, -0.05) is 59.7 Å². The number of nitrogens with one attached hydrogen (secondary N) is 1. The van der Waals surface area contributed by atoms with Gasteiger partial charge in [-0.05, 0) is 144 Å². The van der Waals surface area contributed by atoms with E-state index in [4.69, 9.17) is 10.5 Å². The van der Waals surface area contributed by atoms with Crippen molar-refractivity contribution in [3.05, 3.63) is 104 Å². The summed E-state index contributed by atoms with van der Waals surface area (Å²) in [7, 11) is 0. The highest BCUT2D eigenvalue weighted by Crippen LogP contribution is 2.39. The normalized spacial score (nSPS) is 11.2. The predicted molar refractivity (Wildman–Crippen MR) is 210 cm³/mol. The summed E-state index contributed by atoms with van der Waals surface area (Å²) in [4.78, 5) is 12.5. The van der Waals surface area contributed by atoms with Crippen LogP contribution in [0.15, 0.2) is 48.5 Å². The van der Waals surface area contributed by atoms with Crippen LogP contribution in [-0.2, 0) is 16.2 Å². The molecule has 0 aliphatic heterocycles. The standard InChI is InChI=1S/C23H31NO2S.C18H23NS/c1-14-11-15(2)20(16(3)12-14)19-10-9-18(13-27-8)17(4)21(19)24-22(25)26-23(5,6)7;1-11-8-12(2)17(13(3)9-11)16-7-6-15(10-20-5)14(4)18(16)19/h9-12H,13H2,1-8H3,(H,24,25);6-9H,10,19H2,1-5H3. The molecule has 0 saturated heterocycles. The lowest BCUT2D eigenvalue weighted by molar-refractivity contribution is 0.0636. The van der Waals surface area contributed by atoms with Crippen molar-refractivity contribution in [3.63, 3.8) is 0 Å². The van der Waals surface area contributed by atoms with Gasteiger partial charge in [-0.15, -0.1) is 0 Å².